The summed E-state index contributed by atoms with van der Waals surface area (Å²) in [5, 5.41) is 14.7. The molecule has 3 rings (SSSR count). The van der Waals surface area contributed by atoms with Crippen LogP contribution in [0.5, 0.6) is 0 Å². The average molecular weight is 415 g/mol. The third-order valence-corrected chi connectivity index (χ3v) is 4.63. The molecule has 0 amide bonds. The molecule has 1 N–H and O–H groups in total. The molecule has 0 aliphatic carbocycles. The first-order valence-electron chi connectivity index (χ1n) is 7.48. The number of carbonyl (C=O) groups excluding carboxylic acids is 1. The molecule has 136 valence electrons. The Bertz CT molecular complexity index is 887. The maximum atomic E-state index is 12.5. The molecule has 9 heteroatoms. The van der Waals surface area contributed by atoms with Crippen molar-refractivity contribution in [1.29, 1.82) is 0 Å². The number of nitro benzene ring substituents is 1. The minimum atomic E-state index is -0.455. The average Bonchev–Trinajstić information content (AvgIpc) is 2.63. The molecule has 1 aliphatic rings. The Hall–Kier alpha value is -2.15. The lowest BCUT2D eigenvalue weighted by Crippen LogP contribution is -2.39. The van der Waals surface area contributed by atoms with Crippen molar-refractivity contribution in [2.75, 3.05) is 13.1 Å². The van der Waals surface area contributed by atoms with Crippen molar-refractivity contribution in [3.8, 4) is 0 Å². The number of Topliss-reactive ketones (excluding diaryl/α,β-unsaturated/α-hetero) is 1. The van der Waals surface area contributed by atoms with E-state index in [1.165, 1.54) is 12.1 Å². The Kier molecular flexibility index (Phi) is 6.58. The van der Waals surface area contributed by atoms with Gasteiger partial charge < -0.3 is 5.32 Å². The van der Waals surface area contributed by atoms with Crippen molar-refractivity contribution >= 4 is 52.9 Å². The molecular formula is C17H14Cl3N3O3. The van der Waals surface area contributed by atoms with Gasteiger partial charge in [0.2, 0.25) is 0 Å². The Morgan fingerprint density at radius 2 is 1.96 bits per heavy atom. The maximum absolute atomic E-state index is 12.5. The smallest absolute Gasteiger partial charge is 0.270 e. The van der Waals surface area contributed by atoms with E-state index in [4.69, 9.17) is 23.2 Å². The standard InChI is InChI=1S/C17H13Cl2N3O3.ClH/c18-14-5-4-10(7-15(14)19)16(23)12-8-20-17(21-9-12)11-2-1-3-13(6-11)22(24)25;/h1-7,12H,8-9H2,(H,20,21);1H. The maximum Gasteiger partial charge on any atom is 0.270 e. The number of amidine groups is 1. The quantitative estimate of drug-likeness (QED) is 0.462. The van der Waals surface area contributed by atoms with Crippen molar-refractivity contribution in [1.82, 2.24) is 5.32 Å². The fourth-order valence-corrected chi connectivity index (χ4v) is 2.86. The number of hydrogen-bond donors (Lipinski definition) is 1. The van der Waals surface area contributed by atoms with E-state index in [1.54, 1.807) is 30.3 Å². The molecule has 1 atom stereocenters. The Balaban J connectivity index is 0.00000243. The van der Waals surface area contributed by atoms with Gasteiger partial charge in [-0.2, -0.15) is 0 Å². The molecule has 26 heavy (non-hydrogen) atoms. The topological polar surface area (TPSA) is 84.6 Å². The van der Waals surface area contributed by atoms with Crippen LogP contribution in [0.4, 0.5) is 5.69 Å². The first kappa shape index (κ1) is 20.2. The second-order valence-electron chi connectivity index (χ2n) is 5.57. The predicted molar refractivity (Wildman–Crippen MR) is 104 cm³/mol. The molecule has 0 saturated carbocycles. The fourth-order valence-electron chi connectivity index (χ4n) is 2.56. The van der Waals surface area contributed by atoms with Crippen molar-refractivity contribution in [2.45, 2.75) is 0 Å². The van der Waals surface area contributed by atoms with Crippen molar-refractivity contribution in [2.24, 2.45) is 10.9 Å². The second-order valence-corrected chi connectivity index (χ2v) is 6.38. The number of carbonyl (C=O) groups is 1. The van der Waals surface area contributed by atoms with Gasteiger partial charge in [-0.05, 0) is 18.2 Å². The number of ketones is 1. The Morgan fingerprint density at radius 3 is 2.58 bits per heavy atom. The molecule has 6 nitrogen and oxygen atoms in total. The van der Waals surface area contributed by atoms with E-state index < -0.39 is 4.92 Å². The van der Waals surface area contributed by atoms with Gasteiger partial charge in [0, 0.05) is 29.8 Å². The number of hydrogen-bond acceptors (Lipinski definition) is 5. The van der Waals surface area contributed by atoms with E-state index in [2.05, 4.69) is 10.3 Å². The van der Waals surface area contributed by atoms with Gasteiger partial charge in [-0.1, -0.05) is 35.3 Å². The normalized spacial score (nSPS) is 16.1. The highest BCUT2D eigenvalue weighted by molar-refractivity contribution is 6.42. The van der Waals surface area contributed by atoms with Gasteiger partial charge >= 0.3 is 0 Å². The van der Waals surface area contributed by atoms with E-state index in [0.717, 1.165) is 0 Å². The summed E-state index contributed by atoms with van der Waals surface area (Å²) in [6.45, 7) is 0.685. The number of aliphatic imine (C=N–C) groups is 1. The lowest BCUT2D eigenvalue weighted by atomic mass is 9.96. The summed E-state index contributed by atoms with van der Waals surface area (Å²) >= 11 is 11.8. The zero-order chi connectivity index (χ0) is 18.0. The van der Waals surface area contributed by atoms with Gasteiger partial charge in [-0.15, -0.1) is 12.4 Å². The molecule has 1 aliphatic heterocycles. The molecule has 0 bridgehead atoms. The van der Waals surface area contributed by atoms with Gasteiger partial charge in [0.1, 0.15) is 5.84 Å². The summed E-state index contributed by atoms with van der Waals surface area (Å²) in [5.41, 5.74) is 1.10. The number of nitrogens with zero attached hydrogens (tertiary/aromatic N) is 2. The molecule has 1 unspecified atom stereocenters. The minimum absolute atomic E-state index is 0. The SMILES string of the molecule is Cl.O=C(c1ccc(Cl)c(Cl)c1)C1CN=C(c2cccc([N+](=O)[O-])c2)NC1. The van der Waals surface area contributed by atoms with Crippen LogP contribution in [-0.4, -0.2) is 29.6 Å². The van der Waals surface area contributed by atoms with E-state index >= 15 is 0 Å². The first-order chi connectivity index (χ1) is 12.0. The van der Waals surface area contributed by atoms with E-state index in [-0.39, 0.29) is 29.8 Å². The number of halogens is 3. The molecule has 1 heterocycles. The van der Waals surface area contributed by atoms with Gasteiger partial charge in [0.15, 0.2) is 5.78 Å². The van der Waals surface area contributed by atoms with Gasteiger partial charge in [-0.3, -0.25) is 19.9 Å². The van der Waals surface area contributed by atoms with E-state index in [1.807, 2.05) is 0 Å². The van der Waals surface area contributed by atoms with Crippen LogP contribution in [0.3, 0.4) is 0 Å². The molecule has 0 saturated heterocycles. The lowest BCUT2D eigenvalue weighted by Gasteiger charge is -2.22. The first-order valence-corrected chi connectivity index (χ1v) is 8.23. The predicted octanol–water partition coefficient (Wildman–Crippen LogP) is 4.17. The molecule has 2 aromatic rings. The number of nitrogens with one attached hydrogen (secondary N) is 1. The van der Waals surface area contributed by atoms with Gasteiger partial charge in [0.05, 0.1) is 27.4 Å². The van der Waals surface area contributed by atoms with E-state index in [0.29, 0.717) is 40.1 Å². The summed E-state index contributed by atoms with van der Waals surface area (Å²) in [6, 6.07) is 11.0. The summed E-state index contributed by atoms with van der Waals surface area (Å²) in [4.78, 5) is 27.3. The van der Waals surface area contributed by atoms with Crippen molar-refractivity contribution in [3.05, 3.63) is 73.8 Å². The Labute approximate surface area is 165 Å². The monoisotopic (exact) mass is 413 g/mol. The Morgan fingerprint density at radius 1 is 1.19 bits per heavy atom. The highest BCUT2D eigenvalue weighted by Crippen LogP contribution is 2.24. The highest BCUT2D eigenvalue weighted by atomic mass is 35.5. The molecule has 0 aromatic heterocycles. The zero-order valence-corrected chi connectivity index (χ0v) is 15.6. The number of rotatable bonds is 4. The van der Waals surface area contributed by atoms with E-state index in [9.17, 15) is 14.9 Å². The summed E-state index contributed by atoms with van der Waals surface area (Å²) in [6.07, 6.45) is 0. The summed E-state index contributed by atoms with van der Waals surface area (Å²) < 4.78 is 0. The largest absolute Gasteiger partial charge is 0.369 e. The van der Waals surface area contributed by atoms with Crippen molar-refractivity contribution < 1.29 is 9.72 Å². The van der Waals surface area contributed by atoms with Crippen molar-refractivity contribution in [3.63, 3.8) is 0 Å². The molecule has 0 fully saturated rings. The van der Waals surface area contributed by atoms with Crippen LogP contribution in [0.25, 0.3) is 0 Å². The van der Waals surface area contributed by atoms with Crippen LogP contribution in [0.2, 0.25) is 10.0 Å². The molecule has 0 spiro atoms. The second kappa shape index (κ2) is 8.49. The van der Waals surface area contributed by atoms with Crippen LogP contribution in [0.1, 0.15) is 15.9 Å². The molecule has 2 aromatic carbocycles. The highest BCUT2D eigenvalue weighted by Gasteiger charge is 2.24. The zero-order valence-electron chi connectivity index (χ0n) is 13.3. The summed E-state index contributed by atoms with van der Waals surface area (Å²) in [5.74, 6) is 0.134. The number of nitro groups is 1. The fraction of sp³-hybridized carbons (Fsp3) is 0.176. The number of benzene rings is 2. The molecular weight excluding hydrogens is 401 g/mol. The molecule has 0 radical (unpaired) electrons. The summed E-state index contributed by atoms with van der Waals surface area (Å²) in [7, 11) is 0. The van der Waals surface area contributed by atoms with Gasteiger partial charge in [0.25, 0.3) is 5.69 Å². The number of non-ortho nitro benzene ring substituents is 1. The van der Waals surface area contributed by atoms with Crippen LogP contribution in [-0.2, 0) is 0 Å². The minimum Gasteiger partial charge on any atom is -0.369 e. The third-order valence-electron chi connectivity index (χ3n) is 3.89. The third kappa shape index (κ3) is 4.33. The van der Waals surface area contributed by atoms with Crippen LogP contribution in [0, 0.1) is 16.0 Å². The van der Waals surface area contributed by atoms with Crippen LogP contribution in [0.15, 0.2) is 47.5 Å². The lowest BCUT2D eigenvalue weighted by molar-refractivity contribution is -0.384. The van der Waals surface area contributed by atoms with Crippen LogP contribution >= 0.6 is 35.6 Å². The van der Waals surface area contributed by atoms with Gasteiger partial charge in [-0.25, -0.2) is 0 Å². The van der Waals surface area contributed by atoms with Crippen LogP contribution < -0.4 is 5.32 Å².